The molecule has 0 aliphatic heterocycles. The lowest BCUT2D eigenvalue weighted by Gasteiger charge is -2.34. The van der Waals surface area contributed by atoms with Crippen molar-refractivity contribution < 1.29 is 19.1 Å². The molecule has 9 heteroatoms. The number of nitrogens with zero attached hydrogens (tertiary/aromatic N) is 4. The molecule has 1 unspecified atom stereocenters. The second kappa shape index (κ2) is 11.5. The molecule has 1 aromatic heterocycles. The zero-order chi connectivity index (χ0) is 28.2. The zero-order valence-corrected chi connectivity index (χ0v) is 22.8. The average molecular weight is 528 g/mol. The molecule has 9 nitrogen and oxygen atoms in total. The average Bonchev–Trinajstić information content (AvgIpc) is 3.29. The Bertz CT molecular complexity index is 1470. The summed E-state index contributed by atoms with van der Waals surface area (Å²) in [7, 11) is 0. The number of rotatable bonds is 9. The quantitative estimate of drug-likeness (QED) is 0.316. The molecule has 0 bridgehead atoms. The van der Waals surface area contributed by atoms with Gasteiger partial charge in [0.2, 0.25) is 11.8 Å². The molecule has 39 heavy (non-hydrogen) atoms. The monoisotopic (exact) mass is 527 g/mol. The van der Waals surface area contributed by atoms with Crippen LogP contribution in [0.2, 0.25) is 0 Å². The second-order valence-electron chi connectivity index (χ2n) is 10.2. The highest BCUT2D eigenvalue weighted by Gasteiger charge is 2.35. The number of para-hydroxylation sites is 1. The van der Waals surface area contributed by atoms with Gasteiger partial charge in [0.05, 0.1) is 12.1 Å². The van der Waals surface area contributed by atoms with Crippen LogP contribution in [0, 0.1) is 0 Å². The minimum atomic E-state index is -1.01. The maximum Gasteiger partial charge on any atom is 0.249 e. The number of hydrogen-bond donors (Lipinski definition) is 1. The number of hydrogen-bond acceptors (Lipinski definition) is 6. The summed E-state index contributed by atoms with van der Waals surface area (Å²) in [6.45, 7) is 9.39. The van der Waals surface area contributed by atoms with Gasteiger partial charge in [-0.2, -0.15) is 0 Å². The van der Waals surface area contributed by atoms with E-state index in [1.165, 1.54) is 16.5 Å². The van der Waals surface area contributed by atoms with Crippen LogP contribution in [0.4, 0.5) is 5.69 Å². The first-order chi connectivity index (χ1) is 18.6. The van der Waals surface area contributed by atoms with Crippen molar-refractivity contribution in [1.29, 1.82) is 0 Å². The van der Waals surface area contributed by atoms with E-state index < -0.39 is 11.6 Å². The van der Waals surface area contributed by atoms with Crippen molar-refractivity contribution in [2.45, 2.75) is 52.7 Å². The highest BCUT2D eigenvalue weighted by molar-refractivity contribution is 6.02. The van der Waals surface area contributed by atoms with Crippen molar-refractivity contribution in [3.63, 3.8) is 0 Å². The van der Waals surface area contributed by atoms with Crippen molar-refractivity contribution in [1.82, 2.24) is 20.3 Å². The van der Waals surface area contributed by atoms with E-state index in [2.05, 4.69) is 15.6 Å². The fourth-order valence-corrected chi connectivity index (χ4v) is 4.30. The van der Waals surface area contributed by atoms with Gasteiger partial charge >= 0.3 is 0 Å². The van der Waals surface area contributed by atoms with Gasteiger partial charge in [0.1, 0.15) is 23.9 Å². The number of benzene rings is 3. The number of Topliss-reactive ketones (excluding diaryl/α,β-unsaturated/α-hetero) is 1. The number of carbonyl (C=O) groups is 3. The Morgan fingerprint density at radius 3 is 2.26 bits per heavy atom. The van der Waals surface area contributed by atoms with Gasteiger partial charge < -0.3 is 10.1 Å². The van der Waals surface area contributed by atoms with Crippen molar-refractivity contribution in [3.05, 3.63) is 83.9 Å². The van der Waals surface area contributed by atoms with E-state index in [9.17, 15) is 14.4 Å². The molecule has 2 amide bonds. The number of ether oxygens (including phenoxy) is 1. The number of anilines is 1. The van der Waals surface area contributed by atoms with E-state index in [-0.39, 0.29) is 24.1 Å². The van der Waals surface area contributed by atoms with Gasteiger partial charge in [0.25, 0.3) is 0 Å². The lowest BCUT2D eigenvalue weighted by Crippen LogP contribution is -2.50. The molecule has 0 aliphatic carbocycles. The van der Waals surface area contributed by atoms with Crippen molar-refractivity contribution in [2.75, 3.05) is 11.5 Å². The first kappa shape index (κ1) is 27.5. The SMILES string of the molecule is CCOc1ccc(C(C(=O)NC(C)(C)C)N(C(=O)Cn2nnc3ccccc32)c2ccc(C(C)=O)cc2)cc1. The Labute approximate surface area is 227 Å². The van der Waals surface area contributed by atoms with E-state index in [1.807, 2.05) is 52.0 Å². The molecule has 1 N–H and O–H groups in total. The molecular weight excluding hydrogens is 494 g/mol. The zero-order valence-electron chi connectivity index (χ0n) is 22.8. The summed E-state index contributed by atoms with van der Waals surface area (Å²) < 4.78 is 7.11. The predicted octanol–water partition coefficient (Wildman–Crippen LogP) is 4.72. The summed E-state index contributed by atoms with van der Waals surface area (Å²) >= 11 is 0. The number of fused-ring (bicyclic) bond motifs is 1. The highest BCUT2D eigenvalue weighted by atomic mass is 16.5. The maximum absolute atomic E-state index is 14.1. The number of amides is 2. The van der Waals surface area contributed by atoms with Gasteiger partial charge in [-0.3, -0.25) is 19.3 Å². The van der Waals surface area contributed by atoms with Crippen LogP contribution in [0.25, 0.3) is 11.0 Å². The van der Waals surface area contributed by atoms with Gasteiger partial charge in [0.15, 0.2) is 5.78 Å². The molecule has 0 spiro atoms. The van der Waals surface area contributed by atoms with Gasteiger partial charge in [-0.25, -0.2) is 4.68 Å². The lowest BCUT2D eigenvalue weighted by molar-refractivity contribution is -0.128. The van der Waals surface area contributed by atoms with Crippen LogP contribution in [0.3, 0.4) is 0 Å². The van der Waals surface area contributed by atoms with Crippen LogP contribution in [0.15, 0.2) is 72.8 Å². The maximum atomic E-state index is 14.1. The van der Waals surface area contributed by atoms with Crippen LogP contribution in [-0.2, 0) is 16.1 Å². The normalized spacial score (nSPS) is 12.1. The molecular formula is C30H33N5O4. The Kier molecular flexibility index (Phi) is 8.09. The number of nitrogens with one attached hydrogen (secondary N) is 1. The van der Waals surface area contributed by atoms with E-state index in [0.29, 0.717) is 40.2 Å². The lowest BCUT2D eigenvalue weighted by atomic mass is 10.00. The topological polar surface area (TPSA) is 106 Å². The largest absolute Gasteiger partial charge is 0.494 e. The summed E-state index contributed by atoms with van der Waals surface area (Å²) in [6, 6.07) is 20.1. The van der Waals surface area contributed by atoms with Crippen LogP contribution >= 0.6 is 0 Å². The number of carbonyl (C=O) groups excluding carboxylic acids is 3. The van der Waals surface area contributed by atoms with E-state index >= 15 is 0 Å². The molecule has 1 heterocycles. The molecule has 1 atom stereocenters. The van der Waals surface area contributed by atoms with Gasteiger partial charge in [0, 0.05) is 16.8 Å². The predicted molar refractivity (Wildman–Crippen MR) is 150 cm³/mol. The van der Waals surface area contributed by atoms with E-state index in [0.717, 1.165) is 0 Å². The molecule has 4 rings (SSSR count). The third kappa shape index (κ3) is 6.49. The molecule has 3 aromatic carbocycles. The Hall–Kier alpha value is -4.53. The van der Waals surface area contributed by atoms with E-state index in [4.69, 9.17) is 4.74 Å². The fourth-order valence-electron chi connectivity index (χ4n) is 4.30. The molecule has 0 radical (unpaired) electrons. The van der Waals surface area contributed by atoms with Gasteiger partial charge in [-0.1, -0.05) is 29.5 Å². The molecule has 0 saturated heterocycles. The van der Waals surface area contributed by atoms with Crippen molar-refractivity contribution in [3.8, 4) is 5.75 Å². The summed E-state index contributed by atoms with van der Waals surface area (Å²) in [5.41, 5.74) is 2.40. The van der Waals surface area contributed by atoms with Crippen LogP contribution in [0.5, 0.6) is 5.75 Å². The van der Waals surface area contributed by atoms with Crippen LogP contribution < -0.4 is 15.0 Å². The first-order valence-electron chi connectivity index (χ1n) is 12.8. The third-order valence-electron chi connectivity index (χ3n) is 6.04. The van der Waals surface area contributed by atoms with E-state index in [1.54, 1.807) is 48.5 Å². The van der Waals surface area contributed by atoms with Gasteiger partial charge in [-0.15, -0.1) is 5.10 Å². The third-order valence-corrected chi connectivity index (χ3v) is 6.04. The van der Waals surface area contributed by atoms with Crippen molar-refractivity contribution >= 4 is 34.3 Å². The number of aromatic nitrogens is 3. The second-order valence-corrected chi connectivity index (χ2v) is 10.2. The number of ketones is 1. The molecule has 202 valence electrons. The van der Waals surface area contributed by atoms with Crippen molar-refractivity contribution in [2.24, 2.45) is 0 Å². The summed E-state index contributed by atoms with van der Waals surface area (Å²) in [6.07, 6.45) is 0. The van der Waals surface area contributed by atoms with Crippen LogP contribution in [-0.4, -0.2) is 44.7 Å². The molecule has 4 aromatic rings. The summed E-state index contributed by atoms with van der Waals surface area (Å²) in [4.78, 5) is 41.3. The standard InChI is InChI=1S/C30H33N5O4/c1-6-39-24-17-13-22(14-18-24)28(29(38)31-30(3,4)5)35(23-15-11-21(12-16-23)20(2)36)27(37)19-34-26-10-8-7-9-25(26)32-33-34/h7-18,28H,6,19H2,1-5H3,(H,31,38). The molecule has 0 saturated carbocycles. The molecule has 0 fully saturated rings. The minimum Gasteiger partial charge on any atom is -0.494 e. The first-order valence-corrected chi connectivity index (χ1v) is 12.8. The molecule has 0 aliphatic rings. The fraction of sp³-hybridized carbons (Fsp3) is 0.300. The minimum absolute atomic E-state index is 0.0953. The Balaban J connectivity index is 1.82. The Morgan fingerprint density at radius 1 is 0.974 bits per heavy atom. The smallest absolute Gasteiger partial charge is 0.249 e. The van der Waals surface area contributed by atoms with Crippen LogP contribution in [0.1, 0.15) is 56.6 Å². The summed E-state index contributed by atoms with van der Waals surface area (Å²) in [5, 5.41) is 11.4. The highest BCUT2D eigenvalue weighted by Crippen LogP contribution is 2.31. The van der Waals surface area contributed by atoms with Gasteiger partial charge in [-0.05, 0) is 88.7 Å². The Morgan fingerprint density at radius 2 is 1.64 bits per heavy atom. The summed E-state index contributed by atoms with van der Waals surface area (Å²) in [5.74, 6) is -0.153.